The Kier molecular flexibility index (Phi) is 4.55. The summed E-state index contributed by atoms with van der Waals surface area (Å²) in [5.41, 5.74) is 0. The van der Waals surface area contributed by atoms with Crippen molar-refractivity contribution < 1.29 is 14.7 Å². The second kappa shape index (κ2) is 6.02. The highest BCUT2D eigenvalue weighted by atomic mass is 16.4. The van der Waals surface area contributed by atoms with Gasteiger partial charge in [0.05, 0.1) is 5.92 Å². The summed E-state index contributed by atoms with van der Waals surface area (Å²) in [6.07, 6.45) is 3.21. The minimum atomic E-state index is -0.798. The van der Waals surface area contributed by atoms with Crippen LogP contribution >= 0.6 is 0 Å². The third kappa shape index (κ3) is 3.25. The molecule has 20 heavy (non-hydrogen) atoms. The Hall–Kier alpha value is -1.26. The fourth-order valence-electron chi connectivity index (χ4n) is 3.40. The first-order chi connectivity index (χ1) is 9.38. The fourth-order valence-corrected chi connectivity index (χ4v) is 3.40. The first-order valence-electron chi connectivity index (χ1n) is 7.66. The molecule has 3 unspecified atom stereocenters. The van der Waals surface area contributed by atoms with Crippen LogP contribution in [0.1, 0.15) is 40.0 Å². The third-order valence-electron chi connectivity index (χ3n) is 5.14. The van der Waals surface area contributed by atoms with E-state index in [1.807, 2.05) is 6.92 Å². The molecule has 2 aliphatic rings. The summed E-state index contributed by atoms with van der Waals surface area (Å²) in [5.74, 6) is 0.173. The lowest BCUT2D eigenvalue weighted by Gasteiger charge is -2.33. The molecule has 0 radical (unpaired) electrons. The first kappa shape index (κ1) is 15.1. The van der Waals surface area contributed by atoms with Crippen molar-refractivity contribution in [1.82, 2.24) is 10.2 Å². The summed E-state index contributed by atoms with van der Waals surface area (Å²) < 4.78 is 0. The summed E-state index contributed by atoms with van der Waals surface area (Å²) in [7, 11) is 0. The number of carboxylic acids is 1. The molecule has 2 rings (SSSR count). The average Bonchev–Trinajstić information content (AvgIpc) is 2.76. The highest BCUT2D eigenvalue weighted by Gasteiger charge is 2.37. The normalized spacial score (nSPS) is 37.8. The maximum atomic E-state index is 12.2. The minimum Gasteiger partial charge on any atom is -0.481 e. The van der Waals surface area contributed by atoms with E-state index in [4.69, 9.17) is 5.11 Å². The molecule has 1 aliphatic heterocycles. The molecule has 1 heterocycles. The molecule has 1 saturated heterocycles. The lowest BCUT2D eigenvalue weighted by Crippen LogP contribution is -2.46. The largest absolute Gasteiger partial charge is 0.481 e. The van der Waals surface area contributed by atoms with Crippen LogP contribution in [-0.4, -0.2) is 41.1 Å². The number of nitrogens with zero attached hydrogens (tertiary/aromatic N) is 1. The molecule has 0 bridgehead atoms. The molecular formula is C15H26N2O3. The zero-order valence-electron chi connectivity index (χ0n) is 12.6. The number of hydrogen-bond acceptors (Lipinski definition) is 2. The highest BCUT2D eigenvalue weighted by Crippen LogP contribution is 2.30. The lowest BCUT2D eigenvalue weighted by molar-refractivity contribution is -0.142. The quantitative estimate of drug-likeness (QED) is 0.815. The summed E-state index contributed by atoms with van der Waals surface area (Å²) in [6, 6.07) is 0.153. The minimum absolute atomic E-state index is 0.0311. The van der Waals surface area contributed by atoms with Gasteiger partial charge in [-0.05, 0) is 37.0 Å². The van der Waals surface area contributed by atoms with E-state index in [9.17, 15) is 9.59 Å². The Bertz CT molecular complexity index is 385. The maximum Gasteiger partial charge on any atom is 0.317 e. The van der Waals surface area contributed by atoms with Gasteiger partial charge in [-0.25, -0.2) is 4.79 Å². The number of carbonyl (C=O) groups excluding carboxylic acids is 1. The van der Waals surface area contributed by atoms with E-state index >= 15 is 0 Å². The van der Waals surface area contributed by atoms with Crippen molar-refractivity contribution >= 4 is 12.0 Å². The third-order valence-corrected chi connectivity index (χ3v) is 5.14. The molecule has 2 fully saturated rings. The molecular weight excluding hydrogens is 256 g/mol. The smallest absolute Gasteiger partial charge is 0.317 e. The van der Waals surface area contributed by atoms with E-state index in [0.717, 1.165) is 25.2 Å². The topological polar surface area (TPSA) is 69.6 Å². The Morgan fingerprint density at radius 3 is 2.30 bits per heavy atom. The van der Waals surface area contributed by atoms with Gasteiger partial charge in [0.15, 0.2) is 0 Å². The van der Waals surface area contributed by atoms with Crippen LogP contribution in [0, 0.1) is 23.7 Å². The average molecular weight is 282 g/mol. The zero-order valence-corrected chi connectivity index (χ0v) is 12.6. The summed E-state index contributed by atoms with van der Waals surface area (Å²) in [5, 5.41) is 12.2. The van der Waals surface area contributed by atoms with Crippen molar-refractivity contribution in [2.45, 2.75) is 46.1 Å². The van der Waals surface area contributed by atoms with Gasteiger partial charge >= 0.3 is 12.0 Å². The maximum absolute atomic E-state index is 12.2. The van der Waals surface area contributed by atoms with Gasteiger partial charge in [0.2, 0.25) is 0 Å². The Balaban J connectivity index is 1.85. The van der Waals surface area contributed by atoms with Crippen molar-refractivity contribution in [3.05, 3.63) is 0 Å². The number of rotatable bonds is 2. The van der Waals surface area contributed by atoms with Crippen molar-refractivity contribution in [1.29, 1.82) is 0 Å². The predicted octanol–water partition coefficient (Wildman–Crippen LogP) is 2.17. The van der Waals surface area contributed by atoms with Gasteiger partial charge in [-0.3, -0.25) is 4.79 Å². The standard InChI is InChI=1S/C15H26N2O3/c1-9-4-5-12(6-10(9)2)16-15(20)17-7-11(3)13(8-17)14(18)19/h9-13H,4-8H2,1-3H3,(H,16,20)(H,18,19)/t9?,10?,11-,12?,13-/m1/s1. The number of carboxylic acid groups (broad SMARTS) is 1. The molecule has 1 aliphatic carbocycles. The molecule has 1 saturated carbocycles. The highest BCUT2D eigenvalue weighted by molar-refractivity contribution is 5.77. The van der Waals surface area contributed by atoms with Crippen LogP contribution in [0.3, 0.4) is 0 Å². The van der Waals surface area contributed by atoms with Crippen LogP contribution in [0.25, 0.3) is 0 Å². The molecule has 0 spiro atoms. The van der Waals surface area contributed by atoms with Crippen LogP contribution in [-0.2, 0) is 4.79 Å². The van der Waals surface area contributed by atoms with Crippen LogP contribution in [0.5, 0.6) is 0 Å². The van der Waals surface area contributed by atoms with Crippen molar-refractivity contribution in [2.75, 3.05) is 13.1 Å². The predicted molar refractivity (Wildman–Crippen MR) is 76.4 cm³/mol. The van der Waals surface area contributed by atoms with Gasteiger partial charge in [0.25, 0.3) is 0 Å². The molecule has 114 valence electrons. The second-order valence-corrected chi connectivity index (χ2v) is 6.74. The summed E-state index contributed by atoms with van der Waals surface area (Å²) in [6.45, 7) is 7.28. The van der Waals surface area contributed by atoms with Crippen LogP contribution in [0.15, 0.2) is 0 Å². The van der Waals surface area contributed by atoms with Gasteiger partial charge in [-0.1, -0.05) is 20.8 Å². The SMILES string of the molecule is CC1CCC(NC(=O)N2C[C@@H](C)[C@H](C(=O)O)C2)CC1C. The van der Waals surface area contributed by atoms with E-state index in [-0.39, 0.29) is 18.0 Å². The Morgan fingerprint density at radius 2 is 1.75 bits per heavy atom. The zero-order chi connectivity index (χ0) is 14.9. The summed E-state index contributed by atoms with van der Waals surface area (Å²) in [4.78, 5) is 25.0. The van der Waals surface area contributed by atoms with Crippen molar-refractivity contribution in [3.8, 4) is 0 Å². The molecule has 2 amide bonds. The van der Waals surface area contributed by atoms with Gasteiger partial charge in [-0.2, -0.15) is 0 Å². The Morgan fingerprint density at radius 1 is 1.05 bits per heavy atom. The van der Waals surface area contributed by atoms with Gasteiger partial charge in [-0.15, -0.1) is 0 Å². The number of aliphatic carboxylic acids is 1. The van der Waals surface area contributed by atoms with Gasteiger partial charge in [0, 0.05) is 19.1 Å². The number of urea groups is 1. The van der Waals surface area contributed by atoms with E-state index in [2.05, 4.69) is 19.2 Å². The molecule has 5 atom stereocenters. The number of carbonyl (C=O) groups is 2. The van der Waals surface area contributed by atoms with E-state index in [0.29, 0.717) is 19.0 Å². The molecule has 0 aromatic heterocycles. The lowest BCUT2D eigenvalue weighted by atomic mass is 9.79. The van der Waals surface area contributed by atoms with Crippen LogP contribution in [0.4, 0.5) is 4.79 Å². The molecule has 2 N–H and O–H groups in total. The number of likely N-dealkylation sites (tertiary alicyclic amines) is 1. The first-order valence-corrected chi connectivity index (χ1v) is 7.66. The second-order valence-electron chi connectivity index (χ2n) is 6.74. The van der Waals surface area contributed by atoms with Crippen molar-refractivity contribution in [3.63, 3.8) is 0 Å². The number of hydrogen-bond donors (Lipinski definition) is 2. The van der Waals surface area contributed by atoms with Gasteiger partial charge < -0.3 is 15.3 Å². The number of amides is 2. The molecule has 5 heteroatoms. The van der Waals surface area contributed by atoms with E-state index in [1.165, 1.54) is 0 Å². The molecule has 0 aromatic rings. The van der Waals surface area contributed by atoms with E-state index < -0.39 is 11.9 Å². The van der Waals surface area contributed by atoms with Crippen molar-refractivity contribution in [2.24, 2.45) is 23.7 Å². The monoisotopic (exact) mass is 282 g/mol. The number of nitrogens with one attached hydrogen (secondary N) is 1. The van der Waals surface area contributed by atoms with Crippen LogP contribution < -0.4 is 5.32 Å². The molecule has 0 aromatic carbocycles. The molecule has 5 nitrogen and oxygen atoms in total. The van der Waals surface area contributed by atoms with Gasteiger partial charge in [0.1, 0.15) is 0 Å². The summed E-state index contributed by atoms with van der Waals surface area (Å²) >= 11 is 0. The fraction of sp³-hybridized carbons (Fsp3) is 0.867. The Labute approximate surface area is 120 Å². The van der Waals surface area contributed by atoms with Crippen LogP contribution in [0.2, 0.25) is 0 Å². The van der Waals surface area contributed by atoms with E-state index in [1.54, 1.807) is 4.90 Å².